The molecule has 3 aromatic carbocycles. The molecule has 1 N–H and O–H groups in total. The van der Waals surface area contributed by atoms with E-state index in [1.54, 1.807) is 0 Å². The lowest BCUT2D eigenvalue weighted by molar-refractivity contribution is -0.387. The average molecular weight is 521 g/mol. The summed E-state index contributed by atoms with van der Waals surface area (Å²) in [6.45, 7) is 6.90. The van der Waals surface area contributed by atoms with Gasteiger partial charge in [-0.25, -0.2) is 0 Å². The highest BCUT2D eigenvalue weighted by molar-refractivity contribution is 5.16. The van der Waals surface area contributed by atoms with Gasteiger partial charge in [0.1, 0.15) is 18.3 Å². The summed E-state index contributed by atoms with van der Waals surface area (Å²) in [5.41, 5.74) is 3.14. The van der Waals surface area contributed by atoms with Crippen LogP contribution in [0.3, 0.4) is 0 Å². The number of aliphatic hydroxyl groups excluding tert-OH is 1. The molecule has 1 fully saturated rings. The molecule has 1 heterocycles. The SMILES string of the molecule is CC(C)O[C@]1(CCO)O[C@@H](C)[C@@H](OCc2ccccc2)[C@@H](OCc2ccccc2)[C@@H]1OCc1ccccc1. The normalized spacial score (nSPS) is 25.5. The third-order valence-corrected chi connectivity index (χ3v) is 6.64. The molecule has 0 radical (unpaired) electrons. The van der Waals surface area contributed by atoms with Gasteiger partial charge in [0.05, 0.1) is 32.0 Å². The zero-order chi connectivity index (χ0) is 26.8. The third kappa shape index (κ3) is 7.50. The van der Waals surface area contributed by atoms with Crippen molar-refractivity contribution in [1.82, 2.24) is 0 Å². The molecule has 0 aromatic heterocycles. The number of ether oxygens (including phenoxy) is 5. The van der Waals surface area contributed by atoms with E-state index in [0.29, 0.717) is 19.8 Å². The van der Waals surface area contributed by atoms with Crippen LogP contribution in [0.15, 0.2) is 91.0 Å². The molecule has 0 bridgehead atoms. The first-order valence-electron chi connectivity index (χ1n) is 13.4. The molecule has 3 aromatic rings. The van der Waals surface area contributed by atoms with E-state index < -0.39 is 24.1 Å². The van der Waals surface area contributed by atoms with Crippen LogP contribution < -0.4 is 0 Å². The number of benzene rings is 3. The van der Waals surface area contributed by atoms with E-state index in [-0.39, 0.29) is 25.2 Å². The number of rotatable bonds is 13. The summed E-state index contributed by atoms with van der Waals surface area (Å²) in [5.74, 6) is -1.20. The Balaban J connectivity index is 1.67. The fourth-order valence-electron chi connectivity index (χ4n) is 4.98. The van der Waals surface area contributed by atoms with Crippen LogP contribution in [0.2, 0.25) is 0 Å². The lowest BCUT2D eigenvalue weighted by Crippen LogP contribution is -2.67. The minimum Gasteiger partial charge on any atom is -0.396 e. The van der Waals surface area contributed by atoms with Crippen LogP contribution in [0, 0.1) is 0 Å². The average Bonchev–Trinajstić information content (AvgIpc) is 2.92. The largest absolute Gasteiger partial charge is 0.396 e. The van der Waals surface area contributed by atoms with Crippen molar-refractivity contribution in [3.05, 3.63) is 108 Å². The standard InChI is InChI=1S/C32H40O6/c1-24(2)37-32(19-20-33)31(36-23-28-17-11-6-12-18-28)30(35-22-27-15-9-5-10-16-27)29(25(3)38-32)34-21-26-13-7-4-8-14-26/h4-18,24-25,29-31,33H,19-23H2,1-3H3/t25-,29+,30+,31-,32+/m0/s1. The Kier molecular flexibility index (Phi) is 10.5. The maximum absolute atomic E-state index is 10.1. The fraction of sp³-hybridized carbons (Fsp3) is 0.438. The third-order valence-electron chi connectivity index (χ3n) is 6.64. The van der Waals surface area contributed by atoms with Crippen LogP contribution >= 0.6 is 0 Å². The van der Waals surface area contributed by atoms with Crippen LogP contribution in [-0.2, 0) is 43.5 Å². The molecule has 5 atom stereocenters. The molecule has 38 heavy (non-hydrogen) atoms. The fourth-order valence-corrected chi connectivity index (χ4v) is 4.98. The van der Waals surface area contributed by atoms with Crippen molar-refractivity contribution in [1.29, 1.82) is 0 Å². The highest BCUT2D eigenvalue weighted by atomic mass is 16.7. The van der Waals surface area contributed by atoms with Crippen molar-refractivity contribution < 1.29 is 28.8 Å². The van der Waals surface area contributed by atoms with Crippen molar-refractivity contribution in [2.45, 2.75) is 83.3 Å². The van der Waals surface area contributed by atoms with Gasteiger partial charge in [-0.15, -0.1) is 0 Å². The predicted molar refractivity (Wildman–Crippen MR) is 146 cm³/mol. The smallest absolute Gasteiger partial charge is 0.200 e. The molecule has 4 rings (SSSR count). The summed E-state index contributed by atoms with van der Waals surface area (Å²) in [7, 11) is 0. The highest BCUT2D eigenvalue weighted by Crippen LogP contribution is 2.40. The second kappa shape index (κ2) is 14.0. The van der Waals surface area contributed by atoms with Gasteiger partial charge in [-0.2, -0.15) is 0 Å². The minimum atomic E-state index is -1.20. The Hall–Kier alpha value is -2.58. The van der Waals surface area contributed by atoms with Crippen molar-refractivity contribution >= 4 is 0 Å². The van der Waals surface area contributed by atoms with Gasteiger partial charge in [-0.1, -0.05) is 91.0 Å². The van der Waals surface area contributed by atoms with Crippen molar-refractivity contribution in [3.8, 4) is 0 Å². The molecule has 6 heteroatoms. The summed E-state index contributed by atoms with van der Waals surface area (Å²) in [6.07, 6.45) is -1.89. The van der Waals surface area contributed by atoms with Crippen LogP contribution in [0.25, 0.3) is 0 Å². The van der Waals surface area contributed by atoms with Gasteiger partial charge in [-0.3, -0.25) is 0 Å². The quantitative estimate of drug-likeness (QED) is 0.314. The van der Waals surface area contributed by atoms with Gasteiger partial charge in [-0.05, 0) is 37.5 Å². The van der Waals surface area contributed by atoms with Crippen molar-refractivity contribution in [2.75, 3.05) is 6.61 Å². The van der Waals surface area contributed by atoms with Gasteiger partial charge in [0.15, 0.2) is 5.79 Å². The molecule has 0 amide bonds. The maximum atomic E-state index is 10.1. The van der Waals surface area contributed by atoms with Gasteiger partial charge in [0, 0.05) is 13.0 Å². The van der Waals surface area contributed by atoms with E-state index in [4.69, 9.17) is 23.7 Å². The Morgan fingerprint density at radius 2 is 1.16 bits per heavy atom. The molecular formula is C32H40O6. The van der Waals surface area contributed by atoms with E-state index in [2.05, 4.69) is 0 Å². The monoisotopic (exact) mass is 520 g/mol. The lowest BCUT2D eigenvalue weighted by Gasteiger charge is -2.52. The number of hydrogen-bond acceptors (Lipinski definition) is 6. The zero-order valence-electron chi connectivity index (χ0n) is 22.6. The highest BCUT2D eigenvalue weighted by Gasteiger charge is 2.56. The molecule has 0 aliphatic carbocycles. The minimum absolute atomic E-state index is 0.119. The van der Waals surface area contributed by atoms with E-state index >= 15 is 0 Å². The number of aliphatic hydroxyl groups is 1. The second-order valence-corrected chi connectivity index (χ2v) is 10.0. The van der Waals surface area contributed by atoms with Crippen molar-refractivity contribution in [2.24, 2.45) is 0 Å². The van der Waals surface area contributed by atoms with Gasteiger partial charge in [0.25, 0.3) is 0 Å². The Bertz CT molecular complexity index is 1060. The lowest BCUT2D eigenvalue weighted by atomic mass is 9.89. The molecule has 1 aliphatic heterocycles. The first-order valence-corrected chi connectivity index (χ1v) is 13.4. The first-order chi connectivity index (χ1) is 18.5. The van der Waals surface area contributed by atoms with Crippen LogP contribution in [0.4, 0.5) is 0 Å². The summed E-state index contributed by atoms with van der Waals surface area (Å²) in [5, 5.41) is 10.1. The van der Waals surface area contributed by atoms with E-state index in [1.807, 2.05) is 112 Å². The molecule has 204 valence electrons. The number of hydrogen-bond donors (Lipinski definition) is 1. The summed E-state index contributed by atoms with van der Waals surface area (Å²) in [4.78, 5) is 0. The molecule has 0 spiro atoms. The van der Waals surface area contributed by atoms with Crippen LogP contribution in [0.1, 0.15) is 43.9 Å². The Labute approximate surface area is 226 Å². The molecule has 1 aliphatic rings. The van der Waals surface area contributed by atoms with E-state index in [1.165, 1.54) is 0 Å². The topological polar surface area (TPSA) is 66.4 Å². The molecular weight excluding hydrogens is 480 g/mol. The molecule has 0 unspecified atom stereocenters. The van der Waals surface area contributed by atoms with E-state index in [9.17, 15) is 5.11 Å². The second-order valence-electron chi connectivity index (χ2n) is 10.0. The summed E-state index contributed by atoms with van der Waals surface area (Å²) < 4.78 is 32.8. The van der Waals surface area contributed by atoms with Crippen LogP contribution in [0.5, 0.6) is 0 Å². The molecule has 6 nitrogen and oxygen atoms in total. The van der Waals surface area contributed by atoms with Gasteiger partial charge < -0.3 is 28.8 Å². The van der Waals surface area contributed by atoms with Crippen LogP contribution in [-0.4, -0.2) is 48.0 Å². The summed E-state index contributed by atoms with van der Waals surface area (Å²) >= 11 is 0. The van der Waals surface area contributed by atoms with Crippen molar-refractivity contribution in [3.63, 3.8) is 0 Å². The summed E-state index contributed by atoms with van der Waals surface area (Å²) in [6, 6.07) is 30.1. The predicted octanol–water partition coefficient (Wildman–Crippen LogP) is 5.67. The molecule has 0 saturated carbocycles. The Morgan fingerprint density at radius 3 is 1.61 bits per heavy atom. The molecule has 1 saturated heterocycles. The first kappa shape index (κ1) is 28.4. The zero-order valence-corrected chi connectivity index (χ0v) is 22.6. The van der Waals surface area contributed by atoms with Gasteiger partial charge in [0.2, 0.25) is 0 Å². The van der Waals surface area contributed by atoms with E-state index in [0.717, 1.165) is 16.7 Å². The Morgan fingerprint density at radius 1 is 0.711 bits per heavy atom. The maximum Gasteiger partial charge on any atom is 0.200 e. The van der Waals surface area contributed by atoms with Gasteiger partial charge >= 0.3 is 0 Å².